The highest BCUT2D eigenvalue weighted by Gasteiger charge is 2.03. The lowest BCUT2D eigenvalue weighted by atomic mass is 10.1. The Bertz CT molecular complexity index is 401. The number of nitrogens with zero attached hydrogens (tertiary/aromatic N) is 2. The Morgan fingerprint density at radius 1 is 1.14 bits per heavy atom. The number of rotatable bonds is 2. The van der Waals surface area contributed by atoms with Gasteiger partial charge in [-0.05, 0) is 23.6 Å². The second-order valence-electron chi connectivity index (χ2n) is 3.71. The zero-order chi connectivity index (χ0) is 9.97. The first-order valence-corrected chi connectivity index (χ1v) is 4.87. The van der Waals surface area contributed by atoms with Gasteiger partial charge in [-0.1, -0.05) is 32.0 Å². The quantitative estimate of drug-likeness (QED) is 0.705. The van der Waals surface area contributed by atoms with E-state index in [9.17, 15) is 0 Å². The summed E-state index contributed by atoms with van der Waals surface area (Å²) in [5.41, 5.74) is 2.38. The molecule has 0 aliphatic carbocycles. The van der Waals surface area contributed by atoms with Crippen molar-refractivity contribution < 1.29 is 0 Å². The van der Waals surface area contributed by atoms with Gasteiger partial charge in [0, 0.05) is 6.20 Å². The number of hydrogen-bond donors (Lipinski definition) is 0. The Balaban J connectivity index is 2.34. The van der Waals surface area contributed by atoms with E-state index in [0.717, 1.165) is 5.69 Å². The molecule has 1 aromatic carbocycles. The number of hydrogen-bond acceptors (Lipinski definition) is 1. The molecule has 0 saturated heterocycles. The van der Waals surface area contributed by atoms with Gasteiger partial charge in [-0.25, -0.2) is 4.68 Å². The molecule has 0 unspecified atom stereocenters. The van der Waals surface area contributed by atoms with Crippen LogP contribution in [0.1, 0.15) is 25.3 Å². The van der Waals surface area contributed by atoms with Crippen molar-refractivity contribution in [3.63, 3.8) is 0 Å². The first kappa shape index (κ1) is 9.00. The molecular formula is C12H14N2. The van der Waals surface area contributed by atoms with Crippen LogP contribution in [0, 0.1) is 0 Å². The van der Waals surface area contributed by atoms with Gasteiger partial charge in [0.05, 0.1) is 11.9 Å². The molecule has 0 fully saturated rings. The molecule has 2 heteroatoms. The average molecular weight is 186 g/mol. The van der Waals surface area contributed by atoms with E-state index in [1.807, 2.05) is 29.1 Å². The Morgan fingerprint density at radius 2 is 1.86 bits per heavy atom. The van der Waals surface area contributed by atoms with E-state index < -0.39 is 0 Å². The molecule has 1 heterocycles. The molecule has 0 N–H and O–H groups in total. The highest BCUT2D eigenvalue weighted by Crippen LogP contribution is 2.14. The molecule has 72 valence electrons. The summed E-state index contributed by atoms with van der Waals surface area (Å²) >= 11 is 0. The van der Waals surface area contributed by atoms with Crippen LogP contribution in [0.5, 0.6) is 0 Å². The molecule has 0 bridgehead atoms. The van der Waals surface area contributed by atoms with Crippen molar-refractivity contribution in [2.75, 3.05) is 0 Å². The number of para-hydroxylation sites is 1. The molecule has 14 heavy (non-hydrogen) atoms. The first-order valence-electron chi connectivity index (χ1n) is 4.87. The molecule has 0 aliphatic heterocycles. The summed E-state index contributed by atoms with van der Waals surface area (Å²) in [6, 6.07) is 10.2. The smallest absolute Gasteiger partial charge is 0.0645 e. The minimum Gasteiger partial charge on any atom is -0.241 e. The van der Waals surface area contributed by atoms with Gasteiger partial charge < -0.3 is 0 Å². The van der Waals surface area contributed by atoms with E-state index in [0.29, 0.717) is 5.92 Å². The van der Waals surface area contributed by atoms with E-state index in [2.05, 4.69) is 37.3 Å². The van der Waals surface area contributed by atoms with Gasteiger partial charge in [0.2, 0.25) is 0 Å². The van der Waals surface area contributed by atoms with Crippen molar-refractivity contribution in [3.8, 4) is 5.69 Å². The first-order chi connectivity index (χ1) is 6.77. The summed E-state index contributed by atoms with van der Waals surface area (Å²) in [4.78, 5) is 0. The minimum absolute atomic E-state index is 0.535. The Kier molecular flexibility index (Phi) is 2.35. The summed E-state index contributed by atoms with van der Waals surface area (Å²) in [7, 11) is 0. The van der Waals surface area contributed by atoms with Gasteiger partial charge in [0.25, 0.3) is 0 Å². The fourth-order valence-electron chi connectivity index (χ4n) is 1.36. The van der Waals surface area contributed by atoms with Crippen LogP contribution in [-0.2, 0) is 0 Å². The van der Waals surface area contributed by atoms with Gasteiger partial charge in [-0.2, -0.15) is 5.10 Å². The zero-order valence-corrected chi connectivity index (χ0v) is 8.51. The van der Waals surface area contributed by atoms with Crippen LogP contribution in [0.15, 0.2) is 42.7 Å². The van der Waals surface area contributed by atoms with Gasteiger partial charge in [-0.15, -0.1) is 0 Å². The predicted octanol–water partition coefficient (Wildman–Crippen LogP) is 3.00. The molecule has 0 saturated carbocycles. The molecule has 1 aromatic heterocycles. The van der Waals surface area contributed by atoms with Crippen LogP contribution in [-0.4, -0.2) is 9.78 Å². The lowest BCUT2D eigenvalue weighted by Crippen LogP contribution is -1.92. The minimum atomic E-state index is 0.535. The molecule has 0 amide bonds. The topological polar surface area (TPSA) is 17.8 Å². The third-order valence-corrected chi connectivity index (χ3v) is 2.29. The molecular weight excluding hydrogens is 172 g/mol. The number of aromatic nitrogens is 2. The predicted molar refractivity (Wildman–Crippen MR) is 57.7 cm³/mol. The second kappa shape index (κ2) is 3.66. The van der Waals surface area contributed by atoms with Gasteiger partial charge in [0.1, 0.15) is 0 Å². The molecule has 0 aliphatic rings. The summed E-state index contributed by atoms with van der Waals surface area (Å²) in [6.07, 6.45) is 4.01. The highest BCUT2D eigenvalue weighted by molar-refractivity contribution is 5.31. The average Bonchev–Trinajstić information content (AvgIpc) is 2.68. The lowest BCUT2D eigenvalue weighted by Gasteiger charge is -2.00. The Labute approximate surface area is 84.2 Å². The van der Waals surface area contributed by atoms with Crippen LogP contribution in [0.25, 0.3) is 5.69 Å². The van der Waals surface area contributed by atoms with Crippen LogP contribution < -0.4 is 0 Å². The second-order valence-corrected chi connectivity index (χ2v) is 3.71. The third kappa shape index (κ3) is 1.69. The molecule has 0 spiro atoms. The fourth-order valence-corrected chi connectivity index (χ4v) is 1.36. The summed E-state index contributed by atoms with van der Waals surface area (Å²) < 4.78 is 1.91. The zero-order valence-electron chi connectivity index (χ0n) is 8.51. The van der Waals surface area contributed by atoms with Crippen LogP contribution >= 0.6 is 0 Å². The van der Waals surface area contributed by atoms with Gasteiger partial charge in [0.15, 0.2) is 0 Å². The summed E-state index contributed by atoms with van der Waals surface area (Å²) in [5, 5.41) is 4.32. The van der Waals surface area contributed by atoms with Crippen molar-refractivity contribution in [2.45, 2.75) is 19.8 Å². The third-order valence-electron chi connectivity index (χ3n) is 2.29. The Morgan fingerprint density at radius 3 is 2.43 bits per heavy atom. The number of benzene rings is 1. The SMILES string of the molecule is CC(C)c1cnn(-c2ccccc2)c1. The maximum absolute atomic E-state index is 4.32. The largest absolute Gasteiger partial charge is 0.241 e. The lowest BCUT2D eigenvalue weighted by molar-refractivity contribution is 0.858. The van der Waals surface area contributed by atoms with Crippen molar-refractivity contribution in [3.05, 3.63) is 48.3 Å². The van der Waals surface area contributed by atoms with E-state index >= 15 is 0 Å². The fraction of sp³-hybridized carbons (Fsp3) is 0.250. The summed E-state index contributed by atoms with van der Waals surface area (Å²) in [6.45, 7) is 4.35. The van der Waals surface area contributed by atoms with Crippen molar-refractivity contribution >= 4 is 0 Å². The molecule has 2 nitrogen and oxygen atoms in total. The maximum atomic E-state index is 4.32. The van der Waals surface area contributed by atoms with E-state index in [-0.39, 0.29) is 0 Å². The van der Waals surface area contributed by atoms with Gasteiger partial charge in [-0.3, -0.25) is 0 Å². The molecule has 0 atom stereocenters. The molecule has 2 rings (SSSR count). The highest BCUT2D eigenvalue weighted by atomic mass is 15.3. The summed E-state index contributed by atoms with van der Waals surface area (Å²) in [5.74, 6) is 0.535. The van der Waals surface area contributed by atoms with Crippen LogP contribution in [0.3, 0.4) is 0 Å². The van der Waals surface area contributed by atoms with Crippen LogP contribution in [0.2, 0.25) is 0 Å². The van der Waals surface area contributed by atoms with E-state index in [4.69, 9.17) is 0 Å². The van der Waals surface area contributed by atoms with Crippen molar-refractivity contribution in [1.29, 1.82) is 0 Å². The monoisotopic (exact) mass is 186 g/mol. The standard InChI is InChI=1S/C12H14N2/c1-10(2)11-8-13-14(9-11)12-6-4-3-5-7-12/h3-10H,1-2H3. The molecule has 0 radical (unpaired) electrons. The Hall–Kier alpha value is -1.57. The van der Waals surface area contributed by atoms with Gasteiger partial charge >= 0.3 is 0 Å². The molecule has 2 aromatic rings. The van der Waals surface area contributed by atoms with Crippen LogP contribution in [0.4, 0.5) is 0 Å². The maximum Gasteiger partial charge on any atom is 0.0645 e. The van der Waals surface area contributed by atoms with Crippen molar-refractivity contribution in [2.24, 2.45) is 0 Å². The van der Waals surface area contributed by atoms with E-state index in [1.165, 1.54) is 5.56 Å². The van der Waals surface area contributed by atoms with Crippen molar-refractivity contribution in [1.82, 2.24) is 9.78 Å². The normalized spacial score (nSPS) is 10.8. The van der Waals surface area contributed by atoms with E-state index in [1.54, 1.807) is 0 Å².